The van der Waals surface area contributed by atoms with Crippen LogP contribution in [0.15, 0.2) is 6.08 Å². The molecule has 0 amide bonds. The molecule has 27 heavy (non-hydrogen) atoms. The minimum absolute atomic E-state index is 0. The lowest BCUT2D eigenvalue weighted by Gasteiger charge is -2.36. The summed E-state index contributed by atoms with van der Waals surface area (Å²) in [6.07, 6.45) is 7.82. The minimum atomic E-state index is -0.146. The monoisotopic (exact) mass is 417 g/mol. The van der Waals surface area contributed by atoms with Gasteiger partial charge in [0.25, 0.3) is 5.88 Å². The summed E-state index contributed by atoms with van der Waals surface area (Å²) in [7, 11) is 2.12. The average molecular weight is 418 g/mol. The highest BCUT2D eigenvalue weighted by molar-refractivity contribution is 6.99. The van der Waals surface area contributed by atoms with Crippen LogP contribution in [0.1, 0.15) is 58.6 Å². The molecule has 0 aromatic carbocycles. The highest BCUT2D eigenvalue weighted by atomic mass is 35.5. The number of quaternary nitrogens is 1. The fourth-order valence-corrected chi connectivity index (χ4v) is 3.47. The number of aromatic nitrogens is 2. The summed E-state index contributed by atoms with van der Waals surface area (Å²) >= 11 is 1.19. The number of nitrogens with zero attached hydrogens (tertiary/aromatic N) is 3. The van der Waals surface area contributed by atoms with Crippen LogP contribution in [-0.2, 0) is 9.53 Å². The molecule has 0 aliphatic carbocycles. The molecule has 1 aliphatic rings. The standard InChI is InChI=1S/C19H32N3O3S.ClH/c1-5-6-7-8-12-24-18-17(20-26-21-18)16-10-9-11-22(4,13-16)14-25-19(23)15(2)3;/h10,15H,5-9,11-14H2,1-4H3;1H/q+1;/p-1. The first-order chi connectivity index (χ1) is 12.4. The quantitative estimate of drug-likeness (QED) is 0.321. The third-order valence-corrected chi connectivity index (χ3v) is 5.11. The molecular formula is C19H32ClN3O3S. The topological polar surface area (TPSA) is 61.3 Å². The highest BCUT2D eigenvalue weighted by Crippen LogP contribution is 2.30. The van der Waals surface area contributed by atoms with Gasteiger partial charge >= 0.3 is 5.97 Å². The Bertz CT molecular complexity index is 621. The Morgan fingerprint density at radius 1 is 1.30 bits per heavy atom. The molecule has 0 saturated heterocycles. The summed E-state index contributed by atoms with van der Waals surface area (Å²) in [5, 5.41) is 0. The van der Waals surface area contributed by atoms with Crippen LogP contribution in [0, 0.1) is 5.92 Å². The summed E-state index contributed by atoms with van der Waals surface area (Å²) in [5.74, 6) is 0.397. The second-order valence-electron chi connectivity index (χ2n) is 7.59. The molecular weight excluding hydrogens is 386 g/mol. The van der Waals surface area contributed by atoms with Gasteiger partial charge < -0.3 is 21.9 Å². The number of carbonyl (C=O) groups excluding carboxylic acids is 1. The predicted octanol–water partition coefficient (Wildman–Crippen LogP) is 0.892. The fourth-order valence-electron chi connectivity index (χ4n) is 2.94. The number of hydrogen-bond acceptors (Lipinski definition) is 6. The van der Waals surface area contributed by atoms with Crippen LogP contribution >= 0.6 is 11.7 Å². The Morgan fingerprint density at radius 3 is 2.78 bits per heavy atom. The van der Waals surface area contributed by atoms with Crippen molar-refractivity contribution in [2.75, 3.05) is 33.5 Å². The summed E-state index contributed by atoms with van der Waals surface area (Å²) in [6, 6.07) is 0. The lowest BCUT2D eigenvalue weighted by atomic mass is 10.1. The highest BCUT2D eigenvalue weighted by Gasteiger charge is 2.31. The molecule has 1 unspecified atom stereocenters. The van der Waals surface area contributed by atoms with Gasteiger partial charge in [0.2, 0.25) is 6.73 Å². The number of ether oxygens (including phenoxy) is 2. The first-order valence-electron chi connectivity index (χ1n) is 9.60. The van der Waals surface area contributed by atoms with E-state index in [4.69, 9.17) is 9.47 Å². The summed E-state index contributed by atoms with van der Waals surface area (Å²) in [4.78, 5) is 11.8. The number of carbonyl (C=O) groups is 1. The molecule has 0 radical (unpaired) electrons. The van der Waals surface area contributed by atoms with Gasteiger partial charge in [0.15, 0.2) is 0 Å². The zero-order chi connectivity index (χ0) is 19.0. The molecule has 6 nitrogen and oxygen atoms in total. The van der Waals surface area contributed by atoms with Crippen molar-refractivity contribution in [1.82, 2.24) is 8.75 Å². The van der Waals surface area contributed by atoms with Gasteiger partial charge in [-0.1, -0.05) is 46.1 Å². The number of likely N-dealkylation sites (N-methyl/N-ethyl adjacent to an activating group) is 1. The Labute approximate surface area is 173 Å². The van der Waals surface area contributed by atoms with E-state index in [1.54, 1.807) is 0 Å². The van der Waals surface area contributed by atoms with Gasteiger partial charge in [0, 0.05) is 12.0 Å². The van der Waals surface area contributed by atoms with Crippen LogP contribution in [0.5, 0.6) is 5.88 Å². The van der Waals surface area contributed by atoms with Crippen molar-refractivity contribution in [3.63, 3.8) is 0 Å². The molecule has 1 aromatic rings. The van der Waals surface area contributed by atoms with Crippen molar-refractivity contribution in [1.29, 1.82) is 0 Å². The zero-order valence-corrected chi connectivity index (χ0v) is 18.4. The molecule has 2 heterocycles. The van der Waals surface area contributed by atoms with E-state index in [9.17, 15) is 4.79 Å². The van der Waals surface area contributed by atoms with Crippen molar-refractivity contribution in [3.8, 4) is 5.88 Å². The Hall–Kier alpha value is -1.18. The molecule has 154 valence electrons. The lowest BCUT2D eigenvalue weighted by molar-refractivity contribution is -0.919. The fraction of sp³-hybridized carbons (Fsp3) is 0.737. The molecule has 1 aliphatic heterocycles. The Morgan fingerprint density at radius 2 is 2.07 bits per heavy atom. The molecule has 8 heteroatoms. The van der Waals surface area contributed by atoms with Gasteiger partial charge in [-0.25, -0.2) is 0 Å². The molecule has 1 aromatic heterocycles. The SMILES string of the molecule is CCCCCCOc1nsnc1C1=CCC[N+](C)(COC(=O)C(C)C)C1.[Cl-]. The molecule has 0 saturated carbocycles. The van der Waals surface area contributed by atoms with Crippen LogP contribution in [0.4, 0.5) is 0 Å². The third kappa shape index (κ3) is 7.39. The van der Waals surface area contributed by atoms with E-state index in [1.807, 2.05) is 13.8 Å². The zero-order valence-electron chi connectivity index (χ0n) is 16.9. The van der Waals surface area contributed by atoms with Gasteiger partial charge in [-0.15, -0.1) is 4.37 Å². The van der Waals surface area contributed by atoms with Crippen molar-refractivity contribution in [2.45, 2.75) is 52.9 Å². The molecule has 0 spiro atoms. The van der Waals surface area contributed by atoms with Crippen molar-refractivity contribution in [3.05, 3.63) is 11.8 Å². The van der Waals surface area contributed by atoms with Crippen molar-refractivity contribution >= 4 is 23.3 Å². The van der Waals surface area contributed by atoms with E-state index in [2.05, 4.69) is 28.8 Å². The third-order valence-electron chi connectivity index (χ3n) is 4.60. The first-order valence-corrected chi connectivity index (χ1v) is 10.3. The Kier molecular flexibility index (Phi) is 10.3. The molecule has 0 N–H and O–H groups in total. The van der Waals surface area contributed by atoms with Gasteiger partial charge in [-0.2, -0.15) is 4.37 Å². The van der Waals surface area contributed by atoms with Gasteiger partial charge in [0.05, 0.1) is 37.8 Å². The van der Waals surface area contributed by atoms with Crippen LogP contribution in [-0.4, -0.2) is 52.7 Å². The maximum atomic E-state index is 11.8. The number of halogens is 1. The van der Waals surface area contributed by atoms with Crippen LogP contribution in [0.2, 0.25) is 0 Å². The van der Waals surface area contributed by atoms with E-state index < -0.39 is 0 Å². The van der Waals surface area contributed by atoms with Crippen molar-refractivity contribution in [2.24, 2.45) is 5.92 Å². The first kappa shape index (κ1) is 23.9. The molecule has 0 fully saturated rings. The van der Waals surface area contributed by atoms with Gasteiger partial charge in [-0.3, -0.25) is 9.28 Å². The number of rotatable bonds is 10. The number of hydrogen-bond donors (Lipinski definition) is 0. The smallest absolute Gasteiger partial charge is 0.312 e. The van der Waals surface area contributed by atoms with Crippen LogP contribution in [0.25, 0.3) is 5.57 Å². The summed E-state index contributed by atoms with van der Waals surface area (Å²) in [5.41, 5.74) is 1.99. The van der Waals surface area contributed by atoms with Gasteiger partial charge in [0.1, 0.15) is 12.2 Å². The second kappa shape index (κ2) is 11.6. The largest absolute Gasteiger partial charge is 1.00 e. The maximum absolute atomic E-state index is 11.8. The lowest BCUT2D eigenvalue weighted by Crippen LogP contribution is -3.00. The predicted molar refractivity (Wildman–Crippen MR) is 104 cm³/mol. The molecule has 2 rings (SSSR count). The summed E-state index contributed by atoms with van der Waals surface area (Å²) in [6.45, 7) is 8.70. The van der Waals surface area contributed by atoms with E-state index in [1.165, 1.54) is 31.0 Å². The number of esters is 1. The van der Waals surface area contributed by atoms with Crippen LogP contribution < -0.4 is 17.1 Å². The molecule has 0 bridgehead atoms. The average Bonchev–Trinajstić information content (AvgIpc) is 3.08. The number of unbranched alkanes of at least 4 members (excludes halogenated alkanes) is 3. The molecule has 1 atom stereocenters. The van der Waals surface area contributed by atoms with Gasteiger partial charge in [-0.05, 0) is 6.42 Å². The van der Waals surface area contributed by atoms with E-state index in [0.717, 1.165) is 37.2 Å². The second-order valence-corrected chi connectivity index (χ2v) is 8.12. The van der Waals surface area contributed by atoms with E-state index in [0.29, 0.717) is 23.7 Å². The van der Waals surface area contributed by atoms with Crippen LogP contribution in [0.3, 0.4) is 0 Å². The Balaban J connectivity index is 0.00000364. The van der Waals surface area contributed by atoms with Crippen molar-refractivity contribution < 1.29 is 31.2 Å². The maximum Gasteiger partial charge on any atom is 0.312 e. The van der Waals surface area contributed by atoms with E-state index in [-0.39, 0.29) is 24.3 Å². The summed E-state index contributed by atoms with van der Waals surface area (Å²) < 4.78 is 20.8. The van der Waals surface area contributed by atoms with E-state index >= 15 is 0 Å². The normalized spacial score (nSPS) is 19.4. The minimum Gasteiger partial charge on any atom is -1.00 e.